The summed E-state index contributed by atoms with van der Waals surface area (Å²) < 4.78 is 11.6. The van der Waals surface area contributed by atoms with Crippen molar-refractivity contribution in [1.82, 2.24) is 25.1 Å². The lowest BCUT2D eigenvalue weighted by Gasteiger charge is -2.35. The van der Waals surface area contributed by atoms with E-state index in [1.807, 2.05) is 29.2 Å². The van der Waals surface area contributed by atoms with E-state index in [1.54, 1.807) is 11.3 Å². The Labute approximate surface area is 207 Å². The lowest BCUT2D eigenvalue weighted by molar-refractivity contribution is 0.0876. The molecule has 4 heterocycles. The number of hydrogen-bond acceptors (Lipinski definition) is 7. The first-order valence-corrected chi connectivity index (χ1v) is 13.1. The SMILES string of the molecule is O=C(NCC1COc2ccccc2O1)N1CCN(Cc2nc3sc4c(c3c(=O)[nH]2)CCCC4)CC1. The number of para-hydroxylation sites is 2. The fraction of sp³-hybridized carbons (Fsp3) is 0.480. The first-order valence-electron chi connectivity index (χ1n) is 12.3. The van der Waals surface area contributed by atoms with Crippen LogP contribution in [0.2, 0.25) is 0 Å². The van der Waals surface area contributed by atoms with Gasteiger partial charge in [-0.2, -0.15) is 0 Å². The molecule has 0 saturated carbocycles. The van der Waals surface area contributed by atoms with E-state index in [0.29, 0.717) is 44.4 Å². The van der Waals surface area contributed by atoms with Crippen LogP contribution in [0.3, 0.4) is 0 Å². The lowest BCUT2D eigenvalue weighted by Crippen LogP contribution is -2.53. The molecule has 2 N–H and O–H groups in total. The molecule has 0 spiro atoms. The van der Waals surface area contributed by atoms with Gasteiger partial charge < -0.3 is 24.7 Å². The number of H-pyrrole nitrogens is 1. The average molecular weight is 496 g/mol. The average Bonchev–Trinajstić information content (AvgIpc) is 3.26. The fourth-order valence-corrected chi connectivity index (χ4v) is 6.36. The Morgan fingerprint density at radius 2 is 1.94 bits per heavy atom. The minimum atomic E-state index is -0.212. The molecule has 35 heavy (non-hydrogen) atoms. The highest BCUT2D eigenvalue weighted by Gasteiger charge is 2.25. The van der Waals surface area contributed by atoms with Crippen molar-refractivity contribution in [2.24, 2.45) is 0 Å². The molecule has 10 heteroatoms. The van der Waals surface area contributed by atoms with Crippen LogP contribution in [-0.4, -0.2) is 71.2 Å². The number of thiophene rings is 1. The molecule has 9 nitrogen and oxygen atoms in total. The molecular formula is C25H29N5O4S. The normalized spacial score (nSPS) is 20.0. The maximum absolute atomic E-state index is 12.8. The minimum absolute atomic E-state index is 0.0149. The molecule has 1 atom stereocenters. The van der Waals surface area contributed by atoms with E-state index >= 15 is 0 Å². The number of aryl methyl sites for hydroxylation is 2. The number of aromatic amines is 1. The lowest BCUT2D eigenvalue weighted by atomic mass is 9.97. The first-order chi connectivity index (χ1) is 17.1. The Hall–Kier alpha value is -3.11. The van der Waals surface area contributed by atoms with Crippen LogP contribution in [0, 0.1) is 0 Å². The molecule has 3 aliphatic rings. The van der Waals surface area contributed by atoms with Crippen LogP contribution in [-0.2, 0) is 19.4 Å². The van der Waals surface area contributed by atoms with Crippen molar-refractivity contribution in [2.75, 3.05) is 39.3 Å². The van der Waals surface area contributed by atoms with Crippen LogP contribution in [0.25, 0.3) is 10.2 Å². The number of amides is 2. The highest BCUT2D eigenvalue weighted by molar-refractivity contribution is 7.18. The van der Waals surface area contributed by atoms with E-state index in [0.717, 1.165) is 48.3 Å². The number of rotatable bonds is 4. The third-order valence-corrected chi connectivity index (χ3v) is 8.14. The minimum Gasteiger partial charge on any atom is -0.486 e. The van der Waals surface area contributed by atoms with Gasteiger partial charge in [0.05, 0.1) is 18.5 Å². The molecule has 184 valence electrons. The van der Waals surface area contributed by atoms with Gasteiger partial charge in [-0.25, -0.2) is 9.78 Å². The number of carbonyl (C=O) groups excluding carboxylic acids is 1. The molecule has 6 rings (SSSR count). The predicted octanol–water partition coefficient (Wildman–Crippen LogP) is 2.53. The van der Waals surface area contributed by atoms with Gasteiger partial charge >= 0.3 is 6.03 Å². The molecule has 1 aromatic carbocycles. The van der Waals surface area contributed by atoms with Gasteiger partial charge in [-0.15, -0.1) is 11.3 Å². The summed E-state index contributed by atoms with van der Waals surface area (Å²) >= 11 is 1.68. The van der Waals surface area contributed by atoms with Gasteiger partial charge in [0.2, 0.25) is 0 Å². The smallest absolute Gasteiger partial charge is 0.317 e. The van der Waals surface area contributed by atoms with Crippen LogP contribution < -0.4 is 20.3 Å². The van der Waals surface area contributed by atoms with Crippen LogP contribution in [0.1, 0.15) is 29.1 Å². The number of nitrogens with zero attached hydrogens (tertiary/aromatic N) is 3. The van der Waals surface area contributed by atoms with Crippen molar-refractivity contribution < 1.29 is 14.3 Å². The summed E-state index contributed by atoms with van der Waals surface area (Å²) in [5, 5.41) is 3.77. The van der Waals surface area contributed by atoms with E-state index < -0.39 is 0 Å². The number of fused-ring (bicyclic) bond motifs is 4. The second kappa shape index (κ2) is 9.50. The van der Waals surface area contributed by atoms with Crippen molar-refractivity contribution in [3.63, 3.8) is 0 Å². The highest BCUT2D eigenvalue weighted by Crippen LogP contribution is 2.33. The van der Waals surface area contributed by atoms with Gasteiger partial charge in [0.25, 0.3) is 5.56 Å². The van der Waals surface area contributed by atoms with E-state index in [-0.39, 0.29) is 17.7 Å². The molecule has 1 saturated heterocycles. The standard InChI is InChI=1S/C25H29N5O4S/c31-23-22-17-5-1-4-8-20(17)35-24(22)28-21(27-23)14-29-9-11-30(12-10-29)25(32)26-13-16-15-33-18-6-2-3-7-19(18)34-16/h2-3,6-7,16H,1,4-5,8-15H2,(H,26,32)(H,27,28,31). The van der Waals surface area contributed by atoms with Crippen molar-refractivity contribution in [3.8, 4) is 11.5 Å². The van der Waals surface area contributed by atoms with Crippen molar-refractivity contribution in [3.05, 3.63) is 50.9 Å². The van der Waals surface area contributed by atoms with E-state index in [1.165, 1.54) is 16.9 Å². The Morgan fingerprint density at radius 1 is 1.14 bits per heavy atom. The quantitative estimate of drug-likeness (QED) is 0.577. The van der Waals surface area contributed by atoms with Gasteiger partial charge in [0.1, 0.15) is 17.3 Å². The number of aromatic nitrogens is 2. The third-order valence-electron chi connectivity index (χ3n) is 6.96. The number of hydrogen-bond donors (Lipinski definition) is 2. The maximum Gasteiger partial charge on any atom is 0.317 e. The number of ether oxygens (including phenoxy) is 2. The first kappa shape index (κ1) is 22.4. The van der Waals surface area contributed by atoms with Crippen molar-refractivity contribution in [1.29, 1.82) is 0 Å². The van der Waals surface area contributed by atoms with Crippen molar-refractivity contribution in [2.45, 2.75) is 38.3 Å². The molecule has 0 bridgehead atoms. The summed E-state index contributed by atoms with van der Waals surface area (Å²) in [5.74, 6) is 2.15. The van der Waals surface area contributed by atoms with Gasteiger partial charge in [0.15, 0.2) is 17.6 Å². The van der Waals surface area contributed by atoms with Gasteiger partial charge in [-0.1, -0.05) is 12.1 Å². The Kier molecular flexibility index (Phi) is 6.07. The highest BCUT2D eigenvalue weighted by atomic mass is 32.1. The van der Waals surface area contributed by atoms with Crippen LogP contribution in [0.5, 0.6) is 11.5 Å². The largest absolute Gasteiger partial charge is 0.486 e. The molecule has 2 amide bonds. The number of piperazine rings is 1. The molecule has 0 radical (unpaired) electrons. The summed E-state index contributed by atoms with van der Waals surface area (Å²) in [7, 11) is 0. The molecule has 1 aliphatic carbocycles. The van der Waals surface area contributed by atoms with Crippen molar-refractivity contribution >= 4 is 27.6 Å². The number of carbonyl (C=O) groups is 1. The molecule has 1 fully saturated rings. The third kappa shape index (κ3) is 4.60. The molecule has 2 aromatic heterocycles. The monoisotopic (exact) mass is 495 g/mol. The maximum atomic E-state index is 12.8. The zero-order valence-corrected chi connectivity index (χ0v) is 20.4. The zero-order chi connectivity index (χ0) is 23.8. The van der Waals surface area contributed by atoms with E-state index in [4.69, 9.17) is 14.5 Å². The number of urea groups is 1. The summed E-state index contributed by atoms with van der Waals surface area (Å²) in [6.45, 7) is 4.08. The molecule has 1 unspecified atom stereocenters. The Balaban J connectivity index is 1.01. The predicted molar refractivity (Wildman–Crippen MR) is 133 cm³/mol. The molecule has 2 aliphatic heterocycles. The summed E-state index contributed by atoms with van der Waals surface area (Å²) in [6.07, 6.45) is 4.17. The van der Waals surface area contributed by atoms with Crippen LogP contribution in [0.4, 0.5) is 4.79 Å². The summed E-state index contributed by atoms with van der Waals surface area (Å²) in [5.41, 5.74) is 1.20. The summed E-state index contributed by atoms with van der Waals surface area (Å²) in [4.78, 5) is 39.5. The number of benzene rings is 1. The van der Waals surface area contributed by atoms with Crippen LogP contribution >= 0.6 is 11.3 Å². The van der Waals surface area contributed by atoms with E-state index in [9.17, 15) is 9.59 Å². The van der Waals surface area contributed by atoms with Gasteiger partial charge in [0, 0.05) is 31.1 Å². The van der Waals surface area contributed by atoms with Gasteiger partial charge in [-0.05, 0) is 43.4 Å². The second-order valence-electron chi connectivity index (χ2n) is 9.35. The zero-order valence-electron chi connectivity index (χ0n) is 19.5. The van der Waals surface area contributed by atoms with Gasteiger partial charge in [-0.3, -0.25) is 9.69 Å². The Morgan fingerprint density at radius 3 is 2.80 bits per heavy atom. The number of nitrogens with one attached hydrogen (secondary N) is 2. The van der Waals surface area contributed by atoms with E-state index in [2.05, 4.69) is 15.2 Å². The second-order valence-corrected chi connectivity index (χ2v) is 10.4. The Bertz CT molecular complexity index is 1300. The summed E-state index contributed by atoms with van der Waals surface area (Å²) in [6, 6.07) is 7.46. The molecule has 3 aromatic rings. The van der Waals surface area contributed by atoms with Crippen LogP contribution in [0.15, 0.2) is 29.1 Å². The molecular weight excluding hydrogens is 466 g/mol. The fourth-order valence-electron chi connectivity index (χ4n) is 5.08. The topological polar surface area (TPSA) is 99.8 Å².